The van der Waals surface area contributed by atoms with Crippen LogP contribution in [0.4, 0.5) is 5.82 Å². The van der Waals surface area contributed by atoms with Crippen molar-refractivity contribution in [3.63, 3.8) is 0 Å². The molecule has 0 amide bonds. The first-order chi connectivity index (χ1) is 8.25. The fourth-order valence-electron chi connectivity index (χ4n) is 1.59. The minimum absolute atomic E-state index is 0. The van der Waals surface area contributed by atoms with Crippen LogP contribution in [-0.4, -0.2) is 22.5 Å². The Bertz CT molecular complexity index is 342. The van der Waals surface area contributed by atoms with E-state index in [9.17, 15) is 4.79 Å². The molecule has 6 heteroatoms. The second-order valence-electron chi connectivity index (χ2n) is 4.07. The maximum absolute atomic E-state index is 11.5. The summed E-state index contributed by atoms with van der Waals surface area (Å²) in [5.74, 6) is -0.230. The van der Waals surface area contributed by atoms with Gasteiger partial charge >= 0.3 is 5.97 Å². The standard InChI is InChI=1S/C12H21N3O2.ClH/c1-2-3-4-5-6-7-8-17-12(16)10-11(13)15-9-14-10;/h9H,2-8,13H2,1H3,(H,14,15);1H. The predicted octanol–water partition coefficient (Wildman–Crippen LogP) is 2.93. The molecule has 0 saturated carbocycles. The summed E-state index contributed by atoms with van der Waals surface area (Å²) < 4.78 is 5.08. The third-order valence-electron chi connectivity index (χ3n) is 2.60. The molecule has 0 radical (unpaired) electrons. The Morgan fingerprint density at radius 3 is 2.61 bits per heavy atom. The molecule has 5 nitrogen and oxygen atoms in total. The zero-order valence-corrected chi connectivity index (χ0v) is 11.6. The summed E-state index contributed by atoms with van der Waals surface area (Å²) in [4.78, 5) is 17.9. The number of hydrogen-bond acceptors (Lipinski definition) is 4. The van der Waals surface area contributed by atoms with E-state index >= 15 is 0 Å². The lowest BCUT2D eigenvalue weighted by molar-refractivity contribution is 0.0493. The van der Waals surface area contributed by atoms with Gasteiger partial charge in [0.1, 0.15) is 0 Å². The van der Waals surface area contributed by atoms with Gasteiger partial charge in [0, 0.05) is 0 Å². The minimum Gasteiger partial charge on any atom is -0.461 e. The maximum atomic E-state index is 11.5. The number of halogens is 1. The molecule has 0 spiro atoms. The van der Waals surface area contributed by atoms with Crippen molar-refractivity contribution in [3.05, 3.63) is 12.0 Å². The van der Waals surface area contributed by atoms with Gasteiger partial charge in [-0.05, 0) is 6.42 Å². The van der Waals surface area contributed by atoms with E-state index in [0.29, 0.717) is 6.61 Å². The fraction of sp³-hybridized carbons (Fsp3) is 0.667. The van der Waals surface area contributed by atoms with Crippen LogP contribution in [0.3, 0.4) is 0 Å². The number of nitrogens with zero attached hydrogens (tertiary/aromatic N) is 1. The highest BCUT2D eigenvalue weighted by Crippen LogP contribution is 2.08. The normalized spacial score (nSPS) is 9.83. The number of nitrogen functional groups attached to an aromatic ring is 1. The number of aromatic nitrogens is 2. The first kappa shape index (κ1) is 16.8. The van der Waals surface area contributed by atoms with Crippen LogP contribution in [0.2, 0.25) is 0 Å². The predicted molar refractivity (Wildman–Crippen MR) is 73.9 cm³/mol. The van der Waals surface area contributed by atoms with Crippen molar-refractivity contribution in [2.45, 2.75) is 45.4 Å². The van der Waals surface area contributed by atoms with Crippen LogP contribution >= 0.6 is 12.4 Å². The lowest BCUT2D eigenvalue weighted by atomic mass is 10.1. The Morgan fingerprint density at radius 2 is 2.00 bits per heavy atom. The van der Waals surface area contributed by atoms with Gasteiger partial charge in [0.2, 0.25) is 0 Å². The van der Waals surface area contributed by atoms with Crippen LogP contribution in [0.25, 0.3) is 0 Å². The number of ether oxygens (including phenoxy) is 1. The van der Waals surface area contributed by atoms with Crippen molar-refractivity contribution in [2.75, 3.05) is 12.3 Å². The smallest absolute Gasteiger partial charge is 0.358 e. The Morgan fingerprint density at radius 1 is 1.33 bits per heavy atom. The van der Waals surface area contributed by atoms with Crippen LogP contribution in [0.1, 0.15) is 55.9 Å². The number of rotatable bonds is 8. The van der Waals surface area contributed by atoms with E-state index < -0.39 is 5.97 Å². The summed E-state index contributed by atoms with van der Waals surface area (Å²) in [5, 5.41) is 0. The second-order valence-corrected chi connectivity index (χ2v) is 4.07. The third-order valence-corrected chi connectivity index (χ3v) is 2.60. The quantitative estimate of drug-likeness (QED) is 0.565. The molecule has 0 fully saturated rings. The highest BCUT2D eigenvalue weighted by molar-refractivity contribution is 5.91. The molecule has 0 unspecified atom stereocenters. The number of H-pyrrole nitrogens is 1. The van der Waals surface area contributed by atoms with Gasteiger partial charge in [-0.25, -0.2) is 9.78 Å². The number of carbonyl (C=O) groups excluding carboxylic acids is 1. The number of nitrogens with two attached hydrogens (primary N) is 1. The number of hydrogen-bond donors (Lipinski definition) is 2. The zero-order valence-electron chi connectivity index (χ0n) is 10.8. The molecule has 3 N–H and O–H groups in total. The van der Waals surface area contributed by atoms with Gasteiger partial charge in [0.15, 0.2) is 11.5 Å². The summed E-state index contributed by atoms with van der Waals surface area (Å²) in [6, 6.07) is 0. The number of aromatic amines is 1. The maximum Gasteiger partial charge on any atom is 0.358 e. The summed E-state index contributed by atoms with van der Waals surface area (Å²) in [6.07, 6.45) is 8.39. The monoisotopic (exact) mass is 275 g/mol. The molecular weight excluding hydrogens is 254 g/mol. The summed E-state index contributed by atoms with van der Waals surface area (Å²) >= 11 is 0. The molecule has 1 heterocycles. The van der Waals surface area contributed by atoms with Gasteiger partial charge < -0.3 is 15.5 Å². The molecule has 1 aromatic heterocycles. The van der Waals surface area contributed by atoms with Gasteiger partial charge in [-0.1, -0.05) is 39.0 Å². The van der Waals surface area contributed by atoms with Gasteiger partial charge in [-0.2, -0.15) is 0 Å². The summed E-state index contributed by atoms with van der Waals surface area (Å²) in [6.45, 7) is 2.64. The second kappa shape index (κ2) is 9.76. The van der Waals surface area contributed by atoms with Crippen LogP contribution in [0, 0.1) is 0 Å². The minimum atomic E-state index is -0.423. The molecule has 0 aromatic carbocycles. The summed E-state index contributed by atoms with van der Waals surface area (Å²) in [7, 11) is 0. The van der Waals surface area contributed by atoms with E-state index in [1.54, 1.807) is 0 Å². The molecule has 0 atom stereocenters. The van der Waals surface area contributed by atoms with Gasteiger partial charge in [-0.15, -0.1) is 12.4 Å². The zero-order chi connectivity index (χ0) is 12.5. The summed E-state index contributed by atoms with van der Waals surface area (Å²) in [5.41, 5.74) is 5.73. The highest BCUT2D eigenvalue weighted by atomic mass is 35.5. The van der Waals surface area contributed by atoms with E-state index in [1.807, 2.05) is 0 Å². The van der Waals surface area contributed by atoms with Crippen molar-refractivity contribution >= 4 is 24.2 Å². The number of carbonyl (C=O) groups is 1. The average Bonchev–Trinajstić information content (AvgIpc) is 2.74. The number of unbranched alkanes of at least 4 members (excludes halogenated alkanes) is 5. The Hall–Kier alpha value is -1.23. The van der Waals surface area contributed by atoms with E-state index in [0.717, 1.165) is 12.8 Å². The number of nitrogens with one attached hydrogen (secondary N) is 1. The van der Waals surface area contributed by atoms with Gasteiger partial charge in [0.05, 0.1) is 12.9 Å². The van der Waals surface area contributed by atoms with Crippen LogP contribution < -0.4 is 5.73 Å². The molecule has 18 heavy (non-hydrogen) atoms. The number of anilines is 1. The molecule has 0 aliphatic carbocycles. The van der Waals surface area contributed by atoms with E-state index in [-0.39, 0.29) is 23.9 Å². The van der Waals surface area contributed by atoms with Crippen molar-refractivity contribution < 1.29 is 9.53 Å². The van der Waals surface area contributed by atoms with Crippen molar-refractivity contribution in [3.8, 4) is 0 Å². The highest BCUT2D eigenvalue weighted by Gasteiger charge is 2.12. The van der Waals surface area contributed by atoms with Crippen molar-refractivity contribution in [1.82, 2.24) is 9.97 Å². The molecule has 1 rings (SSSR count). The van der Waals surface area contributed by atoms with E-state index in [1.165, 1.54) is 32.0 Å². The molecule has 0 aliphatic heterocycles. The fourth-order valence-corrected chi connectivity index (χ4v) is 1.59. The average molecular weight is 276 g/mol. The Kier molecular flexibility index (Phi) is 9.10. The van der Waals surface area contributed by atoms with E-state index in [2.05, 4.69) is 16.9 Å². The SMILES string of the molecule is CCCCCCCCOC(=O)c1[nH]cnc1N.Cl. The molecule has 0 bridgehead atoms. The van der Waals surface area contributed by atoms with Gasteiger partial charge in [-0.3, -0.25) is 0 Å². The first-order valence-corrected chi connectivity index (χ1v) is 6.21. The molecule has 0 saturated heterocycles. The molecule has 104 valence electrons. The van der Waals surface area contributed by atoms with Crippen LogP contribution in [-0.2, 0) is 4.74 Å². The Labute approximate surface area is 114 Å². The van der Waals surface area contributed by atoms with Gasteiger partial charge in [0.25, 0.3) is 0 Å². The number of imidazole rings is 1. The molecule has 1 aromatic rings. The Balaban J connectivity index is 0.00000289. The molecular formula is C12H22ClN3O2. The third kappa shape index (κ3) is 5.91. The number of esters is 1. The molecule has 0 aliphatic rings. The van der Waals surface area contributed by atoms with Crippen molar-refractivity contribution in [1.29, 1.82) is 0 Å². The van der Waals surface area contributed by atoms with Crippen LogP contribution in [0.15, 0.2) is 6.33 Å². The van der Waals surface area contributed by atoms with Crippen molar-refractivity contribution in [2.24, 2.45) is 0 Å². The lowest BCUT2D eigenvalue weighted by Crippen LogP contribution is -2.09. The topological polar surface area (TPSA) is 81.0 Å². The van der Waals surface area contributed by atoms with E-state index in [4.69, 9.17) is 10.5 Å². The van der Waals surface area contributed by atoms with Crippen LogP contribution in [0.5, 0.6) is 0 Å². The first-order valence-electron chi connectivity index (χ1n) is 6.21. The largest absolute Gasteiger partial charge is 0.461 e. The lowest BCUT2D eigenvalue weighted by Gasteiger charge is -2.03.